The first-order valence-electron chi connectivity index (χ1n) is 13.3. The van der Waals surface area contributed by atoms with Gasteiger partial charge in [0.05, 0.1) is 11.1 Å². The second-order valence-corrected chi connectivity index (χ2v) is 9.78. The molecular weight excluding hydrogens is 525 g/mol. The van der Waals surface area contributed by atoms with Crippen LogP contribution in [0.15, 0.2) is 79.1 Å². The number of benzene rings is 2. The van der Waals surface area contributed by atoms with Crippen molar-refractivity contribution in [2.45, 2.75) is 25.4 Å². The summed E-state index contributed by atoms with van der Waals surface area (Å²) in [5.74, 6) is 0.491. The van der Waals surface area contributed by atoms with Crippen molar-refractivity contribution in [2.75, 3.05) is 24.1 Å². The number of pyridine rings is 1. The number of aromatic amines is 1. The van der Waals surface area contributed by atoms with Crippen LogP contribution in [0.5, 0.6) is 11.5 Å². The lowest BCUT2D eigenvalue weighted by atomic mass is 9.94. The molecule has 0 bridgehead atoms. The second-order valence-electron chi connectivity index (χ2n) is 9.78. The van der Waals surface area contributed by atoms with Crippen LogP contribution in [0.25, 0.3) is 11.0 Å². The van der Waals surface area contributed by atoms with Crippen LogP contribution in [0, 0.1) is 5.82 Å². The number of rotatable bonds is 7. The van der Waals surface area contributed by atoms with Gasteiger partial charge >= 0.3 is 6.09 Å². The van der Waals surface area contributed by atoms with Crippen molar-refractivity contribution < 1.29 is 18.7 Å². The standard InChI is InChI=1S/C30H28FN7O3/c31-23-15-21(8-9-26(23)41-25-11-13-34-28-22(25)10-12-33-28)35-27-16-24(36-29(32)37-27)20-7-4-14-38(17-20)30(39)40-18-19-5-2-1-3-6-19/h1-3,5-6,8-13,15-16,20H,4,7,14,17-18H2,(H,33,34)(H3,32,35,36,37). The summed E-state index contributed by atoms with van der Waals surface area (Å²) in [5, 5.41) is 3.86. The predicted octanol–water partition coefficient (Wildman–Crippen LogP) is 6.13. The van der Waals surface area contributed by atoms with Crippen molar-refractivity contribution in [2.24, 2.45) is 0 Å². The van der Waals surface area contributed by atoms with E-state index in [0.29, 0.717) is 41.7 Å². The number of nitrogen functional groups attached to an aromatic ring is 1. The molecule has 1 aliphatic rings. The maximum absolute atomic E-state index is 15.0. The molecular formula is C30H28FN7O3. The summed E-state index contributed by atoms with van der Waals surface area (Å²) in [4.78, 5) is 30.4. The highest BCUT2D eigenvalue weighted by Gasteiger charge is 2.27. The molecule has 5 aromatic rings. The van der Waals surface area contributed by atoms with Crippen LogP contribution >= 0.6 is 0 Å². The minimum Gasteiger partial charge on any atom is -0.453 e. The first-order valence-corrected chi connectivity index (χ1v) is 13.3. The summed E-state index contributed by atoms with van der Waals surface area (Å²) in [6.07, 6.45) is 4.62. The Hall–Kier alpha value is -5.19. The summed E-state index contributed by atoms with van der Waals surface area (Å²) < 4.78 is 26.4. The van der Waals surface area contributed by atoms with E-state index in [1.807, 2.05) is 36.4 Å². The quantitative estimate of drug-likeness (QED) is 0.219. The third-order valence-electron chi connectivity index (χ3n) is 6.91. The minimum atomic E-state index is -0.547. The second kappa shape index (κ2) is 11.5. The monoisotopic (exact) mass is 553 g/mol. The van der Waals surface area contributed by atoms with Crippen molar-refractivity contribution in [3.05, 3.63) is 96.2 Å². The summed E-state index contributed by atoms with van der Waals surface area (Å²) in [5.41, 5.74) is 8.79. The van der Waals surface area contributed by atoms with Crippen LogP contribution in [0.3, 0.4) is 0 Å². The van der Waals surface area contributed by atoms with Crippen LogP contribution < -0.4 is 15.8 Å². The zero-order valence-corrected chi connectivity index (χ0v) is 22.1. The number of nitrogens with zero attached hydrogens (tertiary/aromatic N) is 4. The summed E-state index contributed by atoms with van der Waals surface area (Å²) in [7, 11) is 0. The maximum Gasteiger partial charge on any atom is 0.410 e. The summed E-state index contributed by atoms with van der Waals surface area (Å²) in [6.45, 7) is 1.28. The number of anilines is 3. The smallest absolute Gasteiger partial charge is 0.410 e. The Kier molecular flexibility index (Phi) is 7.31. The third-order valence-corrected chi connectivity index (χ3v) is 6.91. The topological polar surface area (TPSA) is 131 Å². The fraction of sp³-hybridized carbons (Fsp3) is 0.200. The molecule has 0 spiro atoms. The Labute approximate surface area is 235 Å². The molecule has 3 aromatic heterocycles. The lowest BCUT2D eigenvalue weighted by molar-refractivity contribution is 0.0856. The highest BCUT2D eigenvalue weighted by Crippen LogP contribution is 2.32. The van der Waals surface area contributed by atoms with E-state index >= 15 is 4.39 Å². The molecule has 1 aliphatic heterocycles. The van der Waals surface area contributed by atoms with Crippen LogP contribution in [0.2, 0.25) is 0 Å². The normalized spacial score (nSPS) is 15.0. The molecule has 11 heteroatoms. The SMILES string of the molecule is Nc1nc(Nc2ccc(Oc3ccnc4[nH]ccc34)c(F)c2)cc(C2CCCN(C(=O)OCc3ccccc3)C2)n1. The Morgan fingerprint density at radius 1 is 1.10 bits per heavy atom. The van der Waals surface area contributed by atoms with Crippen molar-refractivity contribution in [1.29, 1.82) is 0 Å². The van der Waals surface area contributed by atoms with E-state index in [9.17, 15) is 4.79 Å². The number of carbonyl (C=O) groups excluding carboxylic acids is 1. The number of likely N-dealkylation sites (tertiary alicyclic amines) is 1. The lowest BCUT2D eigenvalue weighted by Gasteiger charge is -2.32. The largest absolute Gasteiger partial charge is 0.453 e. The average molecular weight is 554 g/mol. The highest BCUT2D eigenvalue weighted by molar-refractivity contribution is 5.82. The molecule has 6 rings (SSSR count). The molecule has 41 heavy (non-hydrogen) atoms. The maximum atomic E-state index is 15.0. The van der Waals surface area contributed by atoms with Gasteiger partial charge < -0.3 is 30.4 Å². The number of piperidine rings is 1. The van der Waals surface area contributed by atoms with Gasteiger partial charge in [0.15, 0.2) is 11.6 Å². The molecule has 1 unspecified atom stereocenters. The van der Waals surface area contributed by atoms with Crippen LogP contribution in [-0.4, -0.2) is 44.0 Å². The predicted molar refractivity (Wildman–Crippen MR) is 152 cm³/mol. The van der Waals surface area contributed by atoms with Gasteiger partial charge in [0.2, 0.25) is 5.95 Å². The van der Waals surface area contributed by atoms with Crippen LogP contribution in [-0.2, 0) is 11.3 Å². The molecule has 2 aromatic carbocycles. The molecule has 1 atom stereocenters. The van der Waals surface area contributed by atoms with Gasteiger partial charge in [0.1, 0.15) is 23.8 Å². The van der Waals surface area contributed by atoms with Gasteiger partial charge in [-0.2, -0.15) is 4.98 Å². The molecule has 1 amide bonds. The number of hydrogen-bond donors (Lipinski definition) is 3. The Bertz CT molecular complexity index is 1680. The first-order chi connectivity index (χ1) is 20.0. The van der Waals surface area contributed by atoms with Gasteiger partial charge in [-0.3, -0.25) is 0 Å². The van der Waals surface area contributed by atoms with Crippen molar-refractivity contribution in [3.8, 4) is 11.5 Å². The number of carbonyl (C=O) groups is 1. The molecule has 208 valence electrons. The van der Waals surface area contributed by atoms with E-state index in [0.717, 1.165) is 23.8 Å². The van der Waals surface area contributed by atoms with Crippen LogP contribution in [0.1, 0.15) is 30.0 Å². The molecule has 1 fully saturated rings. The molecule has 1 saturated heterocycles. The number of fused-ring (bicyclic) bond motifs is 1. The van der Waals surface area contributed by atoms with E-state index in [4.69, 9.17) is 15.2 Å². The van der Waals surface area contributed by atoms with E-state index in [1.54, 1.807) is 41.6 Å². The highest BCUT2D eigenvalue weighted by atomic mass is 19.1. The molecule has 0 aliphatic carbocycles. The average Bonchev–Trinajstić information content (AvgIpc) is 3.48. The van der Waals surface area contributed by atoms with E-state index < -0.39 is 5.82 Å². The molecule has 10 nitrogen and oxygen atoms in total. The van der Waals surface area contributed by atoms with Crippen molar-refractivity contribution in [1.82, 2.24) is 24.8 Å². The molecule has 4 heterocycles. The molecule has 0 radical (unpaired) electrons. The zero-order chi connectivity index (χ0) is 28.2. The zero-order valence-electron chi connectivity index (χ0n) is 22.1. The number of hydrogen-bond acceptors (Lipinski definition) is 8. The molecule has 4 N–H and O–H groups in total. The number of nitrogens with two attached hydrogens (primary N) is 1. The van der Waals surface area contributed by atoms with E-state index in [2.05, 4.69) is 25.3 Å². The number of ether oxygens (including phenoxy) is 2. The Balaban J connectivity index is 1.12. The number of aromatic nitrogens is 4. The van der Waals surface area contributed by atoms with Gasteiger partial charge in [-0.15, -0.1) is 0 Å². The Morgan fingerprint density at radius 3 is 2.83 bits per heavy atom. The minimum absolute atomic E-state index is 0.0444. The lowest BCUT2D eigenvalue weighted by Crippen LogP contribution is -2.39. The van der Waals surface area contributed by atoms with Crippen molar-refractivity contribution >= 4 is 34.6 Å². The van der Waals surface area contributed by atoms with Gasteiger partial charge in [0, 0.05) is 49.2 Å². The summed E-state index contributed by atoms with van der Waals surface area (Å²) in [6, 6.07) is 19.4. The van der Waals surface area contributed by atoms with Gasteiger partial charge in [-0.05, 0) is 42.7 Å². The number of nitrogens with one attached hydrogen (secondary N) is 2. The van der Waals surface area contributed by atoms with Gasteiger partial charge in [0.25, 0.3) is 0 Å². The third kappa shape index (κ3) is 6.03. The fourth-order valence-electron chi connectivity index (χ4n) is 4.91. The fourth-order valence-corrected chi connectivity index (χ4v) is 4.91. The number of halogens is 1. The number of amides is 1. The van der Waals surface area contributed by atoms with Crippen molar-refractivity contribution in [3.63, 3.8) is 0 Å². The number of H-pyrrole nitrogens is 1. The van der Waals surface area contributed by atoms with Crippen LogP contribution in [0.4, 0.5) is 26.6 Å². The Morgan fingerprint density at radius 2 is 1.98 bits per heavy atom. The summed E-state index contributed by atoms with van der Waals surface area (Å²) >= 11 is 0. The van der Waals surface area contributed by atoms with E-state index in [-0.39, 0.29) is 30.3 Å². The first kappa shape index (κ1) is 26.1. The molecule has 0 saturated carbocycles. The van der Waals surface area contributed by atoms with E-state index in [1.165, 1.54) is 6.07 Å². The van der Waals surface area contributed by atoms with Gasteiger partial charge in [-0.25, -0.2) is 19.2 Å². The van der Waals surface area contributed by atoms with Gasteiger partial charge in [-0.1, -0.05) is 30.3 Å².